The van der Waals surface area contributed by atoms with E-state index >= 15 is 0 Å². The van der Waals surface area contributed by atoms with Crippen molar-refractivity contribution < 1.29 is 23.8 Å². The molecule has 0 radical (unpaired) electrons. The Morgan fingerprint density at radius 1 is 1.11 bits per heavy atom. The van der Waals surface area contributed by atoms with Crippen molar-refractivity contribution in [2.45, 2.75) is 44.4 Å². The number of piperidine rings is 1. The second kappa shape index (κ2) is 12.1. The lowest BCUT2D eigenvalue weighted by atomic mass is 9.98. The van der Waals surface area contributed by atoms with Crippen molar-refractivity contribution in [2.24, 2.45) is 5.92 Å². The summed E-state index contributed by atoms with van der Waals surface area (Å²) in [4.78, 5) is 35.2. The first kappa shape index (κ1) is 26.6. The number of likely N-dealkylation sites (tertiary alicyclic amines) is 1. The van der Waals surface area contributed by atoms with Crippen molar-refractivity contribution in [3.8, 4) is 22.6 Å². The summed E-state index contributed by atoms with van der Waals surface area (Å²) in [7, 11) is 3.19. The maximum absolute atomic E-state index is 12.4. The average Bonchev–Trinajstić information content (AvgIpc) is 2.85. The molecular formula is C25H34N4O5S. The second-order valence-electron chi connectivity index (χ2n) is 9.35. The van der Waals surface area contributed by atoms with E-state index < -0.39 is 5.60 Å². The summed E-state index contributed by atoms with van der Waals surface area (Å²) in [6, 6.07) is 5.61. The normalized spacial score (nSPS) is 15.9. The number of rotatable bonds is 8. The molecule has 3 rings (SSSR count). The first-order chi connectivity index (χ1) is 16.7. The standard InChI is InChI=1S/C25H34N4O5S/c1-25(2,3)34-24(31)29-10-6-7-17(15-29)12-26-22(30)16-35-23-27-13-19(14-28-23)18-8-9-20(32-4)21(11-18)33-5/h8-9,11,13-14,17H,6-7,10,12,15-16H2,1-5H3,(H,26,30). The monoisotopic (exact) mass is 502 g/mol. The van der Waals surface area contributed by atoms with Crippen LogP contribution in [0.1, 0.15) is 33.6 Å². The Morgan fingerprint density at radius 3 is 2.49 bits per heavy atom. The quantitative estimate of drug-likeness (QED) is 0.427. The zero-order chi connectivity index (χ0) is 25.4. The van der Waals surface area contributed by atoms with Gasteiger partial charge in [-0.05, 0) is 57.2 Å². The molecule has 1 aliphatic heterocycles. The summed E-state index contributed by atoms with van der Waals surface area (Å²) in [6.07, 6.45) is 5.02. The van der Waals surface area contributed by atoms with Crippen LogP contribution < -0.4 is 14.8 Å². The van der Waals surface area contributed by atoms with Crippen LogP contribution in [-0.4, -0.2) is 72.1 Å². The van der Waals surface area contributed by atoms with Crippen LogP contribution in [0.3, 0.4) is 0 Å². The Balaban J connectivity index is 1.45. The fourth-order valence-corrected chi connectivity index (χ4v) is 4.34. The highest BCUT2D eigenvalue weighted by Gasteiger charge is 2.27. The molecule has 1 saturated heterocycles. The number of carbonyl (C=O) groups excluding carboxylic acids is 2. The molecule has 35 heavy (non-hydrogen) atoms. The van der Waals surface area contributed by atoms with Crippen molar-refractivity contribution >= 4 is 23.8 Å². The van der Waals surface area contributed by atoms with E-state index in [4.69, 9.17) is 14.2 Å². The van der Waals surface area contributed by atoms with Gasteiger partial charge >= 0.3 is 6.09 Å². The van der Waals surface area contributed by atoms with Gasteiger partial charge in [0.1, 0.15) is 5.60 Å². The highest BCUT2D eigenvalue weighted by atomic mass is 32.2. The summed E-state index contributed by atoms with van der Waals surface area (Å²) >= 11 is 1.28. The minimum atomic E-state index is -0.517. The number of hydrogen-bond donors (Lipinski definition) is 1. The average molecular weight is 503 g/mol. The van der Waals surface area contributed by atoms with E-state index in [-0.39, 0.29) is 23.7 Å². The van der Waals surface area contributed by atoms with Crippen LogP contribution in [0, 0.1) is 5.92 Å². The molecule has 0 saturated carbocycles. The molecule has 1 aromatic heterocycles. The lowest BCUT2D eigenvalue weighted by molar-refractivity contribution is -0.118. The van der Waals surface area contributed by atoms with Crippen molar-refractivity contribution in [3.63, 3.8) is 0 Å². The molecule has 2 aromatic rings. The SMILES string of the molecule is COc1ccc(-c2cnc(SCC(=O)NCC3CCCN(C(=O)OC(C)(C)C)C3)nc2)cc1OC. The Labute approximate surface area is 210 Å². The predicted molar refractivity (Wildman–Crippen MR) is 135 cm³/mol. The topological polar surface area (TPSA) is 103 Å². The van der Waals surface area contributed by atoms with Gasteiger partial charge in [0.25, 0.3) is 0 Å². The van der Waals surface area contributed by atoms with Crippen LogP contribution in [0.15, 0.2) is 35.7 Å². The van der Waals surface area contributed by atoms with Gasteiger partial charge in [-0.3, -0.25) is 4.79 Å². The molecule has 2 heterocycles. The maximum atomic E-state index is 12.4. The van der Waals surface area contributed by atoms with E-state index in [0.29, 0.717) is 36.3 Å². The van der Waals surface area contributed by atoms with Gasteiger partial charge in [0.2, 0.25) is 5.91 Å². The molecule has 0 spiro atoms. The van der Waals surface area contributed by atoms with Crippen LogP contribution in [0.2, 0.25) is 0 Å². The van der Waals surface area contributed by atoms with E-state index in [0.717, 1.165) is 24.0 Å². The lowest BCUT2D eigenvalue weighted by Crippen LogP contribution is -2.45. The molecule has 1 N–H and O–H groups in total. The van der Waals surface area contributed by atoms with Crippen LogP contribution in [-0.2, 0) is 9.53 Å². The molecular weight excluding hydrogens is 468 g/mol. The molecule has 10 heteroatoms. The Kier molecular flexibility index (Phi) is 9.20. The molecule has 190 valence electrons. The Morgan fingerprint density at radius 2 is 1.83 bits per heavy atom. The number of benzene rings is 1. The fraction of sp³-hybridized carbons (Fsp3) is 0.520. The molecule has 1 fully saturated rings. The summed E-state index contributed by atoms with van der Waals surface area (Å²) in [5.41, 5.74) is 1.23. The summed E-state index contributed by atoms with van der Waals surface area (Å²) in [5.74, 6) is 1.63. The molecule has 2 amide bonds. The number of nitrogens with zero attached hydrogens (tertiary/aromatic N) is 3. The van der Waals surface area contributed by atoms with Crippen LogP contribution in [0.5, 0.6) is 11.5 Å². The molecule has 1 aromatic carbocycles. The van der Waals surface area contributed by atoms with Crippen molar-refractivity contribution in [2.75, 3.05) is 39.6 Å². The van der Waals surface area contributed by atoms with Gasteiger partial charge in [0.15, 0.2) is 16.7 Å². The predicted octanol–water partition coefficient (Wildman–Crippen LogP) is 4.02. The van der Waals surface area contributed by atoms with E-state index in [9.17, 15) is 9.59 Å². The number of amides is 2. The minimum absolute atomic E-state index is 0.0861. The maximum Gasteiger partial charge on any atom is 0.410 e. The summed E-state index contributed by atoms with van der Waals surface area (Å²) in [5, 5.41) is 3.50. The molecule has 0 bridgehead atoms. The van der Waals surface area contributed by atoms with Gasteiger partial charge in [0.05, 0.1) is 20.0 Å². The molecule has 9 nitrogen and oxygen atoms in total. The van der Waals surface area contributed by atoms with Gasteiger partial charge in [-0.2, -0.15) is 0 Å². The minimum Gasteiger partial charge on any atom is -0.493 e. The number of aromatic nitrogens is 2. The third-order valence-corrected chi connectivity index (χ3v) is 6.31. The zero-order valence-corrected chi connectivity index (χ0v) is 21.8. The lowest BCUT2D eigenvalue weighted by Gasteiger charge is -2.34. The van der Waals surface area contributed by atoms with Gasteiger partial charge < -0.3 is 24.4 Å². The third kappa shape index (κ3) is 8.02. The van der Waals surface area contributed by atoms with Crippen LogP contribution >= 0.6 is 11.8 Å². The van der Waals surface area contributed by atoms with Crippen LogP contribution in [0.4, 0.5) is 4.79 Å². The molecule has 0 aliphatic carbocycles. The third-order valence-electron chi connectivity index (χ3n) is 5.44. The van der Waals surface area contributed by atoms with Crippen molar-refractivity contribution in [3.05, 3.63) is 30.6 Å². The smallest absolute Gasteiger partial charge is 0.410 e. The molecule has 1 unspecified atom stereocenters. The largest absolute Gasteiger partial charge is 0.493 e. The highest BCUT2D eigenvalue weighted by molar-refractivity contribution is 7.99. The highest BCUT2D eigenvalue weighted by Crippen LogP contribution is 2.32. The van der Waals surface area contributed by atoms with E-state index in [1.54, 1.807) is 31.5 Å². The first-order valence-corrected chi connectivity index (χ1v) is 12.6. The molecule has 1 aliphatic rings. The summed E-state index contributed by atoms with van der Waals surface area (Å²) < 4.78 is 16.1. The molecule has 1 atom stereocenters. The number of methoxy groups -OCH3 is 2. The zero-order valence-electron chi connectivity index (χ0n) is 21.0. The first-order valence-electron chi connectivity index (χ1n) is 11.6. The van der Waals surface area contributed by atoms with Crippen molar-refractivity contribution in [1.29, 1.82) is 0 Å². The number of hydrogen-bond acceptors (Lipinski definition) is 8. The van der Waals surface area contributed by atoms with Gasteiger partial charge in [-0.15, -0.1) is 0 Å². The Hall–Kier alpha value is -3.01. The van der Waals surface area contributed by atoms with E-state index in [1.165, 1.54) is 11.8 Å². The number of ether oxygens (including phenoxy) is 3. The van der Waals surface area contributed by atoms with Gasteiger partial charge in [-0.25, -0.2) is 14.8 Å². The van der Waals surface area contributed by atoms with Gasteiger partial charge in [-0.1, -0.05) is 17.8 Å². The Bertz CT molecular complexity index is 1010. The van der Waals surface area contributed by atoms with Crippen molar-refractivity contribution in [1.82, 2.24) is 20.2 Å². The number of nitrogens with one attached hydrogen (secondary N) is 1. The van der Waals surface area contributed by atoms with E-state index in [2.05, 4.69) is 15.3 Å². The van der Waals surface area contributed by atoms with Gasteiger partial charge in [0, 0.05) is 37.6 Å². The summed E-state index contributed by atoms with van der Waals surface area (Å²) in [6.45, 7) is 7.37. The number of carbonyl (C=O) groups is 2. The second-order valence-corrected chi connectivity index (χ2v) is 10.3. The van der Waals surface area contributed by atoms with Crippen LogP contribution in [0.25, 0.3) is 11.1 Å². The van der Waals surface area contributed by atoms with E-state index in [1.807, 2.05) is 39.0 Å². The number of thioether (sulfide) groups is 1. The fourth-order valence-electron chi connectivity index (χ4n) is 3.72.